The van der Waals surface area contributed by atoms with Gasteiger partial charge in [0.25, 0.3) is 0 Å². The lowest BCUT2D eigenvalue weighted by Crippen LogP contribution is -2.52. The number of guanidine groups is 1. The smallest absolute Gasteiger partial charge is 0.194 e. The number of aromatic nitrogens is 1. The van der Waals surface area contributed by atoms with E-state index in [4.69, 9.17) is 4.74 Å². The molecule has 6 nitrogen and oxygen atoms in total. The van der Waals surface area contributed by atoms with Gasteiger partial charge >= 0.3 is 0 Å². The number of aryl methyl sites for hydroxylation is 2. The molecule has 8 heteroatoms. The first-order valence-electron chi connectivity index (χ1n) is 9.44. The molecule has 1 aliphatic heterocycles. The van der Waals surface area contributed by atoms with E-state index < -0.39 is 0 Å². The Bertz CT molecular complexity index is 744. The van der Waals surface area contributed by atoms with Crippen LogP contribution in [0, 0.1) is 13.8 Å². The molecule has 0 radical (unpaired) electrons. The molecule has 0 saturated carbocycles. The fraction of sp³-hybridized carbons (Fsp3) is 0.500. The van der Waals surface area contributed by atoms with Crippen LogP contribution in [0.4, 0.5) is 0 Å². The lowest BCUT2D eigenvalue weighted by molar-refractivity contribution is 0.152. The zero-order chi connectivity index (χ0) is 19.1. The predicted octanol–water partition coefficient (Wildman–Crippen LogP) is 3.15. The van der Waals surface area contributed by atoms with Crippen molar-refractivity contribution < 1.29 is 4.74 Å². The van der Waals surface area contributed by atoms with Crippen molar-refractivity contribution in [1.82, 2.24) is 20.1 Å². The first-order chi connectivity index (χ1) is 13.2. The Labute approximate surface area is 189 Å². The third kappa shape index (κ3) is 6.59. The Kier molecular flexibility index (Phi) is 9.46. The van der Waals surface area contributed by atoms with Gasteiger partial charge in [-0.3, -0.25) is 9.89 Å². The molecule has 2 aromatic rings. The zero-order valence-electron chi connectivity index (χ0n) is 16.9. The van der Waals surface area contributed by atoms with E-state index in [1.165, 1.54) is 4.88 Å². The van der Waals surface area contributed by atoms with Gasteiger partial charge in [0.15, 0.2) is 5.96 Å². The molecular formula is C20H30IN5OS. The first kappa shape index (κ1) is 22.9. The maximum Gasteiger partial charge on any atom is 0.194 e. The fourth-order valence-corrected chi connectivity index (χ4v) is 4.10. The van der Waals surface area contributed by atoms with Crippen molar-refractivity contribution in [3.8, 4) is 5.75 Å². The van der Waals surface area contributed by atoms with Crippen LogP contribution in [0.1, 0.15) is 15.6 Å². The Morgan fingerprint density at radius 3 is 2.50 bits per heavy atom. The van der Waals surface area contributed by atoms with Crippen LogP contribution in [0.2, 0.25) is 0 Å². The highest BCUT2D eigenvalue weighted by Crippen LogP contribution is 2.16. The van der Waals surface area contributed by atoms with Crippen LogP contribution in [0.25, 0.3) is 0 Å². The maximum absolute atomic E-state index is 5.81. The number of thiazole rings is 1. The zero-order valence-corrected chi connectivity index (χ0v) is 20.0. The summed E-state index contributed by atoms with van der Waals surface area (Å²) in [7, 11) is 1.85. The maximum atomic E-state index is 5.81. The molecular weight excluding hydrogens is 485 g/mol. The molecule has 1 saturated heterocycles. The van der Waals surface area contributed by atoms with E-state index in [9.17, 15) is 0 Å². The molecule has 0 amide bonds. The molecule has 1 fully saturated rings. The van der Waals surface area contributed by atoms with Crippen molar-refractivity contribution in [2.75, 3.05) is 46.4 Å². The monoisotopic (exact) mass is 515 g/mol. The van der Waals surface area contributed by atoms with Gasteiger partial charge in [0, 0.05) is 44.6 Å². The standard InChI is InChI=1S/C20H29N5OS.HI/c1-16-19(27-17(2)23-16)15-22-20(21-3)25-11-9-24(10-12-25)13-14-26-18-7-5-4-6-8-18;/h4-8H,9-15H2,1-3H3,(H,21,22);1H. The summed E-state index contributed by atoms with van der Waals surface area (Å²) in [6.45, 7) is 10.6. The lowest BCUT2D eigenvalue weighted by Gasteiger charge is -2.36. The summed E-state index contributed by atoms with van der Waals surface area (Å²) in [4.78, 5) is 15.0. The normalized spacial score (nSPS) is 15.2. The summed E-state index contributed by atoms with van der Waals surface area (Å²) in [6, 6.07) is 10.0. The average molecular weight is 515 g/mol. The summed E-state index contributed by atoms with van der Waals surface area (Å²) in [5.41, 5.74) is 1.11. The Morgan fingerprint density at radius 2 is 1.89 bits per heavy atom. The summed E-state index contributed by atoms with van der Waals surface area (Å²) in [6.07, 6.45) is 0. The first-order valence-corrected chi connectivity index (χ1v) is 10.3. The van der Waals surface area contributed by atoms with E-state index in [1.807, 2.05) is 37.4 Å². The molecule has 1 aromatic heterocycles. The molecule has 28 heavy (non-hydrogen) atoms. The molecule has 1 aromatic carbocycles. The molecule has 0 spiro atoms. The number of ether oxygens (including phenoxy) is 1. The van der Waals surface area contributed by atoms with E-state index >= 15 is 0 Å². The van der Waals surface area contributed by atoms with Crippen LogP contribution in [0.3, 0.4) is 0 Å². The van der Waals surface area contributed by atoms with E-state index in [2.05, 4.69) is 38.9 Å². The van der Waals surface area contributed by atoms with Crippen molar-refractivity contribution in [2.24, 2.45) is 4.99 Å². The second kappa shape index (κ2) is 11.6. The summed E-state index contributed by atoms with van der Waals surface area (Å²) in [5, 5.41) is 4.61. The van der Waals surface area contributed by atoms with Crippen molar-refractivity contribution in [3.63, 3.8) is 0 Å². The summed E-state index contributed by atoms with van der Waals surface area (Å²) < 4.78 is 5.81. The van der Waals surface area contributed by atoms with E-state index in [-0.39, 0.29) is 24.0 Å². The number of benzene rings is 1. The molecule has 0 bridgehead atoms. The highest BCUT2D eigenvalue weighted by atomic mass is 127. The minimum absolute atomic E-state index is 0. The fourth-order valence-electron chi connectivity index (χ4n) is 3.22. The van der Waals surface area contributed by atoms with Gasteiger partial charge in [-0.25, -0.2) is 4.98 Å². The number of piperazine rings is 1. The van der Waals surface area contributed by atoms with Crippen LogP contribution in [0.5, 0.6) is 5.75 Å². The lowest BCUT2D eigenvalue weighted by atomic mass is 10.3. The van der Waals surface area contributed by atoms with Crippen molar-refractivity contribution in [3.05, 3.63) is 45.9 Å². The van der Waals surface area contributed by atoms with Gasteiger partial charge < -0.3 is 15.0 Å². The minimum Gasteiger partial charge on any atom is -0.492 e. The van der Waals surface area contributed by atoms with Crippen LogP contribution >= 0.6 is 35.3 Å². The second-order valence-corrected chi connectivity index (χ2v) is 7.92. The van der Waals surface area contributed by atoms with Gasteiger partial charge in [0.2, 0.25) is 0 Å². The van der Waals surface area contributed by atoms with Crippen molar-refractivity contribution >= 4 is 41.3 Å². The SMILES string of the molecule is CN=C(NCc1sc(C)nc1C)N1CCN(CCOc2ccccc2)CC1.I. The van der Waals surface area contributed by atoms with E-state index in [1.54, 1.807) is 11.3 Å². The molecule has 0 aliphatic carbocycles. The van der Waals surface area contributed by atoms with Crippen LogP contribution in [0.15, 0.2) is 35.3 Å². The third-order valence-corrected chi connectivity index (χ3v) is 5.78. The average Bonchev–Trinajstić information content (AvgIpc) is 3.01. The quantitative estimate of drug-likeness (QED) is 0.364. The third-order valence-electron chi connectivity index (χ3n) is 4.71. The number of nitrogens with one attached hydrogen (secondary N) is 1. The largest absolute Gasteiger partial charge is 0.492 e. The van der Waals surface area contributed by atoms with E-state index in [0.717, 1.165) is 68.3 Å². The number of nitrogens with zero attached hydrogens (tertiary/aromatic N) is 4. The molecule has 1 aliphatic rings. The molecule has 154 valence electrons. The molecule has 0 unspecified atom stereocenters. The van der Waals surface area contributed by atoms with Gasteiger partial charge in [-0.15, -0.1) is 35.3 Å². The number of aliphatic imine (C=N–C) groups is 1. The van der Waals surface area contributed by atoms with Gasteiger partial charge in [0.05, 0.1) is 17.2 Å². The predicted molar refractivity (Wildman–Crippen MR) is 127 cm³/mol. The Balaban J connectivity index is 0.00000280. The summed E-state index contributed by atoms with van der Waals surface area (Å²) >= 11 is 1.75. The molecule has 3 rings (SSSR count). The highest BCUT2D eigenvalue weighted by Gasteiger charge is 2.19. The van der Waals surface area contributed by atoms with Gasteiger partial charge in [-0.1, -0.05) is 18.2 Å². The van der Waals surface area contributed by atoms with Gasteiger partial charge in [-0.05, 0) is 26.0 Å². The number of hydrogen-bond donors (Lipinski definition) is 1. The highest BCUT2D eigenvalue weighted by molar-refractivity contribution is 14.0. The molecule has 1 N–H and O–H groups in total. The molecule has 0 atom stereocenters. The number of halogens is 1. The summed E-state index contributed by atoms with van der Waals surface area (Å²) in [5.74, 6) is 1.91. The number of hydrogen-bond acceptors (Lipinski definition) is 5. The van der Waals surface area contributed by atoms with Crippen LogP contribution in [-0.4, -0.2) is 67.1 Å². The minimum atomic E-state index is 0. The van der Waals surface area contributed by atoms with Gasteiger partial charge in [-0.2, -0.15) is 0 Å². The van der Waals surface area contributed by atoms with E-state index in [0.29, 0.717) is 0 Å². The van der Waals surface area contributed by atoms with Crippen molar-refractivity contribution in [1.29, 1.82) is 0 Å². The second-order valence-electron chi connectivity index (χ2n) is 6.63. The topological polar surface area (TPSA) is 53.0 Å². The Hall–Kier alpha value is -1.39. The Morgan fingerprint density at radius 1 is 1.18 bits per heavy atom. The number of para-hydroxylation sites is 1. The van der Waals surface area contributed by atoms with Crippen LogP contribution in [-0.2, 0) is 6.54 Å². The molecule has 2 heterocycles. The van der Waals surface area contributed by atoms with Crippen LogP contribution < -0.4 is 10.1 Å². The number of rotatable bonds is 6. The van der Waals surface area contributed by atoms with Gasteiger partial charge in [0.1, 0.15) is 12.4 Å². The van der Waals surface area contributed by atoms with Crippen molar-refractivity contribution in [2.45, 2.75) is 20.4 Å².